The van der Waals surface area contributed by atoms with E-state index in [9.17, 15) is 0 Å². The Morgan fingerprint density at radius 2 is 2.39 bits per heavy atom. The molecule has 0 fully saturated rings. The number of hydrogen-bond acceptors (Lipinski definition) is 4. The van der Waals surface area contributed by atoms with Gasteiger partial charge in [0, 0.05) is 25.2 Å². The van der Waals surface area contributed by atoms with Crippen molar-refractivity contribution in [3.05, 3.63) is 36.3 Å². The van der Waals surface area contributed by atoms with Crippen LogP contribution in [0.1, 0.15) is 24.7 Å². The van der Waals surface area contributed by atoms with Crippen LogP contribution in [0.5, 0.6) is 0 Å². The van der Waals surface area contributed by atoms with Gasteiger partial charge in [0.2, 0.25) is 0 Å². The molecule has 0 aliphatic rings. The van der Waals surface area contributed by atoms with Crippen molar-refractivity contribution in [2.45, 2.75) is 26.4 Å². The maximum Gasteiger partial charge on any atom is 0.118 e. The standard InChI is InChI=1S/C14H24N2O2/c1-3-5-15-10-13-9-14(18-12-13)11-16(6-4-2)7-8-17/h4,9,12,15,17H,2-3,5-8,10-11H2,1H3. The summed E-state index contributed by atoms with van der Waals surface area (Å²) in [4.78, 5) is 2.09. The maximum atomic E-state index is 8.97. The Labute approximate surface area is 109 Å². The van der Waals surface area contributed by atoms with E-state index < -0.39 is 0 Å². The molecule has 2 N–H and O–H groups in total. The van der Waals surface area contributed by atoms with Gasteiger partial charge in [0.15, 0.2) is 0 Å². The molecule has 0 saturated carbocycles. The summed E-state index contributed by atoms with van der Waals surface area (Å²) in [6.45, 7) is 9.98. The predicted molar refractivity (Wildman–Crippen MR) is 73.3 cm³/mol. The Hall–Kier alpha value is -1.10. The molecule has 1 aromatic heterocycles. The third kappa shape index (κ3) is 5.49. The van der Waals surface area contributed by atoms with E-state index >= 15 is 0 Å². The fraction of sp³-hybridized carbons (Fsp3) is 0.571. The molecule has 4 nitrogen and oxygen atoms in total. The summed E-state index contributed by atoms with van der Waals surface area (Å²) < 4.78 is 5.52. The molecule has 0 spiro atoms. The third-order valence-electron chi connectivity index (χ3n) is 2.65. The molecular weight excluding hydrogens is 228 g/mol. The van der Waals surface area contributed by atoms with Gasteiger partial charge in [-0.05, 0) is 19.0 Å². The van der Waals surface area contributed by atoms with E-state index in [2.05, 4.69) is 29.8 Å². The van der Waals surface area contributed by atoms with Crippen molar-refractivity contribution in [1.82, 2.24) is 10.2 Å². The highest BCUT2D eigenvalue weighted by Crippen LogP contribution is 2.10. The molecule has 0 aliphatic carbocycles. The Balaban J connectivity index is 2.43. The summed E-state index contributed by atoms with van der Waals surface area (Å²) in [6.07, 6.45) is 4.76. The summed E-state index contributed by atoms with van der Waals surface area (Å²) in [5.41, 5.74) is 1.17. The lowest BCUT2D eigenvalue weighted by Gasteiger charge is -2.17. The van der Waals surface area contributed by atoms with Crippen LogP contribution in [0, 0.1) is 0 Å². The van der Waals surface area contributed by atoms with E-state index in [-0.39, 0.29) is 6.61 Å². The Kier molecular flexibility index (Phi) is 7.41. The lowest BCUT2D eigenvalue weighted by molar-refractivity contribution is 0.194. The summed E-state index contributed by atoms with van der Waals surface area (Å²) in [5.74, 6) is 0.929. The molecule has 0 saturated heterocycles. The summed E-state index contributed by atoms with van der Waals surface area (Å²) in [7, 11) is 0. The van der Waals surface area contributed by atoms with Gasteiger partial charge in [-0.25, -0.2) is 0 Å². The quantitative estimate of drug-likeness (QED) is 0.492. The van der Waals surface area contributed by atoms with Crippen molar-refractivity contribution >= 4 is 0 Å². The topological polar surface area (TPSA) is 48.6 Å². The zero-order chi connectivity index (χ0) is 13.2. The number of nitrogens with one attached hydrogen (secondary N) is 1. The van der Waals surface area contributed by atoms with Crippen LogP contribution >= 0.6 is 0 Å². The van der Waals surface area contributed by atoms with Gasteiger partial charge in [-0.1, -0.05) is 13.0 Å². The van der Waals surface area contributed by atoms with E-state index in [1.807, 2.05) is 6.08 Å². The summed E-state index contributed by atoms with van der Waals surface area (Å²) >= 11 is 0. The lowest BCUT2D eigenvalue weighted by Crippen LogP contribution is -2.26. The monoisotopic (exact) mass is 252 g/mol. The molecule has 1 heterocycles. The number of nitrogens with zero attached hydrogens (tertiary/aromatic N) is 1. The van der Waals surface area contributed by atoms with Crippen molar-refractivity contribution in [1.29, 1.82) is 0 Å². The smallest absolute Gasteiger partial charge is 0.118 e. The van der Waals surface area contributed by atoms with Crippen LogP contribution < -0.4 is 5.32 Å². The first kappa shape index (κ1) is 15.0. The fourth-order valence-electron chi connectivity index (χ4n) is 1.79. The van der Waals surface area contributed by atoms with Gasteiger partial charge in [0.25, 0.3) is 0 Å². The lowest BCUT2D eigenvalue weighted by atomic mass is 10.3. The molecule has 0 radical (unpaired) electrons. The van der Waals surface area contributed by atoms with Crippen molar-refractivity contribution in [2.75, 3.05) is 26.2 Å². The van der Waals surface area contributed by atoms with E-state index in [0.29, 0.717) is 13.1 Å². The van der Waals surface area contributed by atoms with Gasteiger partial charge in [-0.2, -0.15) is 0 Å². The average Bonchev–Trinajstić information content (AvgIpc) is 2.78. The first-order valence-electron chi connectivity index (χ1n) is 6.51. The van der Waals surface area contributed by atoms with Gasteiger partial charge in [-0.3, -0.25) is 4.90 Å². The summed E-state index contributed by atoms with van der Waals surface area (Å²) in [6, 6.07) is 2.07. The average molecular weight is 252 g/mol. The molecule has 0 amide bonds. The Morgan fingerprint density at radius 3 is 3.06 bits per heavy atom. The molecule has 4 heteroatoms. The van der Waals surface area contributed by atoms with Crippen LogP contribution in [0.4, 0.5) is 0 Å². The molecule has 1 aromatic rings. The second-order valence-corrected chi connectivity index (χ2v) is 4.35. The number of rotatable bonds is 10. The highest BCUT2D eigenvalue weighted by atomic mass is 16.3. The minimum Gasteiger partial charge on any atom is -0.468 e. The van der Waals surface area contributed by atoms with Crippen molar-refractivity contribution in [3.63, 3.8) is 0 Å². The highest BCUT2D eigenvalue weighted by molar-refractivity contribution is 5.12. The number of aliphatic hydroxyl groups is 1. The predicted octanol–water partition coefficient (Wildman–Crippen LogP) is 1.76. The minimum absolute atomic E-state index is 0.152. The second-order valence-electron chi connectivity index (χ2n) is 4.35. The van der Waals surface area contributed by atoms with Gasteiger partial charge in [-0.15, -0.1) is 6.58 Å². The zero-order valence-electron chi connectivity index (χ0n) is 11.2. The normalized spacial score (nSPS) is 11.1. The third-order valence-corrected chi connectivity index (χ3v) is 2.65. The number of hydrogen-bond donors (Lipinski definition) is 2. The highest BCUT2D eigenvalue weighted by Gasteiger charge is 2.07. The molecule has 18 heavy (non-hydrogen) atoms. The largest absolute Gasteiger partial charge is 0.468 e. The van der Waals surface area contributed by atoms with Gasteiger partial charge >= 0.3 is 0 Å². The van der Waals surface area contributed by atoms with Gasteiger partial charge < -0.3 is 14.8 Å². The van der Waals surface area contributed by atoms with Crippen molar-refractivity contribution in [2.24, 2.45) is 0 Å². The Morgan fingerprint density at radius 1 is 1.56 bits per heavy atom. The molecule has 0 atom stereocenters. The van der Waals surface area contributed by atoms with Crippen LogP contribution in [-0.4, -0.2) is 36.2 Å². The van der Waals surface area contributed by atoms with Crippen LogP contribution in [0.25, 0.3) is 0 Å². The van der Waals surface area contributed by atoms with E-state index in [1.165, 1.54) is 5.56 Å². The van der Waals surface area contributed by atoms with Crippen molar-refractivity contribution < 1.29 is 9.52 Å². The fourth-order valence-corrected chi connectivity index (χ4v) is 1.79. The molecule has 1 rings (SSSR count). The molecule has 0 bridgehead atoms. The van der Waals surface area contributed by atoms with E-state index in [0.717, 1.165) is 31.8 Å². The van der Waals surface area contributed by atoms with Crippen molar-refractivity contribution in [3.8, 4) is 0 Å². The van der Waals surface area contributed by atoms with Crippen LogP contribution in [0.3, 0.4) is 0 Å². The molecule has 0 unspecified atom stereocenters. The molecule has 102 valence electrons. The van der Waals surface area contributed by atoms with Crippen LogP contribution in [0.15, 0.2) is 29.4 Å². The van der Waals surface area contributed by atoms with E-state index in [1.54, 1.807) is 6.26 Å². The maximum absolute atomic E-state index is 8.97. The molecule has 0 aliphatic heterocycles. The summed E-state index contributed by atoms with van der Waals surface area (Å²) in [5, 5.41) is 12.3. The Bertz CT molecular complexity index is 336. The van der Waals surface area contributed by atoms with Gasteiger partial charge in [0.05, 0.1) is 19.4 Å². The molecular formula is C14H24N2O2. The van der Waals surface area contributed by atoms with Gasteiger partial charge in [0.1, 0.15) is 5.76 Å². The number of furan rings is 1. The first-order valence-corrected chi connectivity index (χ1v) is 6.51. The molecule has 0 aromatic carbocycles. The number of aliphatic hydroxyl groups excluding tert-OH is 1. The zero-order valence-corrected chi connectivity index (χ0v) is 11.2. The first-order chi connectivity index (χ1) is 8.80. The minimum atomic E-state index is 0.152. The van der Waals surface area contributed by atoms with Crippen LogP contribution in [-0.2, 0) is 13.1 Å². The van der Waals surface area contributed by atoms with E-state index in [4.69, 9.17) is 9.52 Å². The second kappa shape index (κ2) is 8.91. The SMILES string of the molecule is C=CCN(CCO)Cc1cc(CNCCC)co1. The van der Waals surface area contributed by atoms with Crippen LogP contribution in [0.2, 0.25) is 0 Å².